The highest BCUT2D eigenvalue weighted by molar-refractivity contribution is 5.96. The predicted molar refractivity (Wildman–Crippen MR) is 83.2 cm³/mol. The largest absolute Gasteiger partial charge is 0.490 e. The molecular formula is C15H16F3N3O5. The van der Waals surface area contributed by atoms with Gasteiger partial charge in [-0.2, -0.15) is 13.2 Å². The lowest BCUT2D eigenvalue weighted by molar-refractivity contribution is -0.192. The van der Waals surface area contributed by atoms with Crippen LogP contribution in [0, 0.1) is 12.8 Å². The van der Waals surface area contributed by atoms with Gasteiger partial charge in [0.25, 0.3) is 0 Å². The third-order valence-electron chi connectivity index (χ3n) is 3.12. The van der Waals surface area contributed by atoms with Gasteiger partial charge in [-0.3, -0.25) is 9.59 Å². The number of aromatic nitrogens is 2. The number of halogens is 3. The number of benzene rings is 1. The Morgan fingerprint density at radius 2 is 1.85 bits per heavy atom. The van der Waals surface area contributed by atoms with Gasteiger partial charge >= 0.3 is 18.1 Å². The van der Waals surface area contributed by atoms with E-state index in [1.54, 1.807) is 0 Å². The Morgan fingerprint density at radius 3 is 2.35 bits per heavy atom. The summed E-state index contributed by atoms with van der Waals surface area (Å²) in [4.78, 5) is 38.4. The predicted octanol–water partition coefficient (Wildman–Crippen LogP) is 1.84. The summed E-state index contributed by atoms with van der Waals surface area (Å²) in [6, 6.07) is 5.82. The van der Waals surface area contributed by atoms with E-state index in [1.807, 2.05) is 25.1 Å². The number of hydrogen-bond acceptors (Lipinski definition) is 4. The van der Waals surface area contributed by atoms with Crippen LogP contribution in [0.1, 0.15) is 18.3 Å². The molecule has 0 radical (unpaired) electrons. The number of alkyl halides is 3. The highest BCUT2D eigenvalue weighted by Crippen LogP contribution is 2.13. The number of hydrogen-bond donors (Lipinski definition) is 4. The lowest BCUT2D eigenvalue weighted by Crippen LogP contribution is -2.33. The summed E-state index contributed by atoms with van der Waals surface area (Å²) in [6.07, 6.45) is -5.08. The number of fused-ring (bicyclic) bond motifs is 1. The van der Waals surface area contributed by atoms with Crippen molar-refractivity contribution in [3.05, 3.63) is 29.6 Å². The summed E-state index contributed by atoms with van der Waals surface area (Å²) >= 11 is 0. The van der Waals surface area contributed by atoms with Crippen molar-refractivity contribution in [1.82, 2.24) is 15.3 Å². The van der Waals surface area contributed by atoms with E-state index in [4.69, 9.17) is 15.0 Å². The number of nitrogens with zero attached hydrogens (tertiary/aromatic N) is 1. The number of nitrogens with one attached hydrogen (secondary N) is 2. The molecule has 2 aromatic rings. The van der Waals surface area contributed by atoms with E-state index >= 15 is 0 Å². The fourth-order valence-electron chi connectivity index (χ4n) is 1.70. The molecule has 1 atom stereocenters. The number of carbonyl (C=O) groups is 3. The molecule has 1 unspecified atom stereocenters. The first-order valence-corrected chi connectivity index (χ1v) is 7.17. The fraction of sp³-hybridized carbons (Fsp3) is 0.333. The quantitative estimate of drug-likeness (QED) is 0.603. The first-order valence-electron chi connectivity index (χ1n) is 7.17. The van der Waals surface area contributed by atoms with Crippen LogP contribution in [0.25, 0.3) is 11.0 Å². The maximum Gasteiger partial charge on any atom is 0.490 e. The van der Waals surface area contributed by atoms with Gasteiger partial charge in [-0.05, 0) is 31.5 Å². The van der Waals surface area contributed by atoms with Crippen molar-refractivity contribution in [2.24, 2.45) is 5.92 Å². The van der Waals surface area contributed by atoms with Crippen LogP contribution < -0.4 is 5.32 Å². The highest BCUT2D eigenvalue weighted by atomic mass is 19.4. The lowest BCUT2D eigenvalue weighted by atomic mass is 10.2. The number of imidazole rings is 1. The number of aromatic amines is 1. The van der Waals surface area contributed by atoms with Crippen LogP contribution in [0.15, 0.2) is 18.2 Å². The second kappa shape index (κ2) is 8.32. The molecule has 0 aliphatic rings. The SMILES string of the molecule is Cc1ccc2nc(CNC(=O)C(C)C(=O)O)[nH]c2c1.O=C(O)C(F)(F)F. The van der Waals surface area contributed by atoms with Gasteiger partial charge in [0.15, 0.2) is 0 Å². The molecule has 1 heterocycles. The summed E-state index contributed by atoms with van der Waals surface area (Å²) < 4.78 is 31.7. The minimum atomic E-state index is -5.08. The molecule has 0 aliphatic heterocycles. The van der Waals surface area contributed by atoms with Crippen molar-refractivity contribution in [2.45, 2.75) is 26.6 Å². The third kappa shape index (κ3) is 6.07. The van der Waals surface area contributed by atoms with Crippen molar-refractivity contribution in [1.29, 1.82) is 0 Å². The molecule has 142 valence electrons. The summed E-state index contributed by atoms with van der Waals surface area (Å²) in [5, 5.41) is 18.4. The number of carboxylic acids is 2. The molecule has 26 heavy (non-hydrogen) atoms. The zero-order valence-electron chi connectivity index (χ0n) is 13.7. The molecule has 0 bridgehead atoms. The van der Waals surface area contributed by atoms with E-state index in [0.717, 1.165) is 16.6 Å². The first kappa shape index (κ1) is 20.9. The minimum absolute atomic E-state index is 0.185. The van der Waals surface area contributed by atoms with Crippen LogP contribution in [0.5, 0.6) is 0 Å². The van der Waals surface area contributed by atoms with Crippen LogP contribution in [0.3, 0.4) is 0 Å². The average Bonchev–Trinajstić information content (AvgIpc) is 2.93. The maximum atomic E-state index is 11.5. The van der Waals surface area contributed by atoms with Crippen molar-refractivity contribution >= 4 is 28.9 Å². The van der Waals surface area contributed by atoms with Gasteiger partial charge in [-0.15, -0.1) is 0 Å². The second-order valence-electron chi connectivity index (χ2n) is 5.28. The molecule has 0 saturated carbocycles. The highest BCUT2D eigenvalue weighted by Gasteiger charge is 2.38. The van der Waals surface area contributed by atoms with Gasteiger partial charge in [0.1, 0.15) is 11.7 Å². The molecule has 0 saturated heterocycles. The van der Waals surface area contributed by atoms with Crippen LogP contribution in [0.4, 0.5) is 13.2 Å². The molecule has 4 N–H and O–H groups in total. The number of aliphatic carboxylic acids is 2. The Labute approximate surface area is 145 Å². The van der Waals surface area contributed by atoms with Gasteiger partial charge in [-0.25, -0.2) is 9.78 Å². The molecular weight excluding hydrogens is 359 g/mol. The van der Waals surface area contributed by atoms with Crippen LogP contribution in [0.2, 0.25) is 0 Å². The van der Waals surface area contributed by atoms with E-state index in [1.165, 1.54) is 6.92 Å². The topological polar surface area (TPSA) is 132 Å². The second-order valence-corrected chi connectivity index (χ2v) is 5.28. The maximum absolute atomic E-state index is 11.5. The molecule has 1 amide bonds. The first-order chi connectivity index (χ1) is 11.9. The number of carboxylic acid groups (broad SMARTS) is 2. The van der Waals surface area contributed by atoms with Gasteiger partial charge in [0.05, 0.1) is 17.6 Å². The number of carbonyl (C=O) groups excluding carboxylic acids is 1. The van der Waals surface area contributed by atoms with Crippen molar-refractivity contribution in [3.8, 4) is 0 Å². The summed E-state index contributed by atoms with van der Waals surface area (Å²) in [6.45, 7) is 3.51. The van der Waals surface area contributed by atoms with Crippen LogP contribution in [-0.2, 0) is 20.9 Å². The number of aryl methyl sites for hydroxylation is 1. The normalized spacial score (nSPS) is 12.0. The van der Waals surface area contributed by atoms with Crippen molar-refractivity contribution in [3.63, 3.8) is 0 Å². The molecule has 8 nitrogen and oxygen atoms in total. The van der Waals surface area contributed by atoms with Crippen molar-refractivity contribution in [2.75, 3.05) is 0 Å². The molecule has 1 aromatic carbocycles. The Morgan fingerprint density at radius 1 is 1.27 bits per heavy atom. The molecule has 0 aliphatic carbocycles. The minimum Gasteiger partial charge on any atom is -0.481 e. The molecule has 2 rings (SSSR count). The van der Waals surface area contributed by atoms with Gasteiger partial charge in [-0.1, -0.05) is 6.07 Å². The zero-order valence-corrected chi connectivity index (χ0v) is 13.7. The van der Waals surface area contributed by atoms with E-state index in [9.17, 15) is 22.8 Å². The Hall–Kier alpha value is -3.11. The third-order valence-corrected chi connectivity index (χ3v) is 3.12. The Balaban J connectivity index is 0.000000412. The Kier molecular flexibility index (Phi) is 6.70. The number of amides is 1. The average molecular weight is 375 g/mol. The summed E-state index contributed by atoms with van der Waals surface area (Å²) in [5.74, 6) is -4.88. The van der Waals surface area contributed by atoms with E-state index in [-0.39, 0.29) is 6.54 Å². The molecule has 1 aromatic heterocycles. The number of H-pyrrole nitrogens is 1. The molecule has 0 spiro atoms. The fourth-order valence-corrected chi connectivity index (χ4v) is 1.70. The summed E-state index contributed by atoms with van der Waals surface area (Å²) in [5.41, 5.74) is 2.84. The lowest BCUT2D eigenvalue weighted by Gasteiger charge is -2.06. The van der Waals surface area contributed by atoms with Gasteiger partial charge in [0, 0.05) is 0 Å². The molecule has 0 fully saturated rings. The van der Waals surface area contributed by atoms with Gasteiger partial charge < -0.3 is 20.5 Å². The van der Waals surface area contributed by atoms with E-state index < -0.39 is 29.9 Å². The van der Waals surface area contributed by atoms with Crippen molar-refractivity contribution < 1.29 is 37.8 Å². The Bertz CT molecular complexity index is 816. The standard InChI is InChI=1S/C13H15N3O3.C2HF3O2/c1-7-3-4-9-10(5-7)16-11(15-9)6-14-12(17)8(2)13(18)19;3-2(4,5)1(6)7/h3-5,8H,6H2,1-2H3,(H,14,17)(H,15,16)(H,18,19);(H,6,7). The smallest absolute Gasteiger partial charge is 0.481 e. The number of rotatable bonds is 4. The molecule has 11 heteroatoms. The van der Waals surface area contributed by atoms with Gasteiger partial charge in [0.2, 0.25) is 5.91 Å². The zero-order chi connectivity index (χ0) is 20.1. The van der Waals surface area contributed by atoms with Crippen LogP contribution in [-0.4, -0.2) is 44.2 Å². The van der Waals surface area contributed by atoms with E-state index in [2.05, 4.69) is 15.3 Å². The monoisotopic (exact) mass is 375 g/mol. The summed E-state index contributed by atoms with van der Waals surface area (Å²) in [7, 11) is 0. The van der Waals surface area contributed by atoms with E-state index in [0.29, 0.717) is 5.82 Å². The van der Waals surface area contributed by atoms with Crippen LogP contribution >= 0.6 is 0 Å².